The van der Waals surface area contributed by atoms with Gasteiger partial charge in [0.25, 0.3) is 5.91 Å². The van der Waals surface area contributed by atoms with Crippen molar-refractivity contribution in [3.63, 3.8) is 0 Å². The first-order chi connectivity index (χ1) is 16.1. The summed E-state index contributed by atoms with van der Waals surface area (Å²) in [4.78, 5) is 43.9. The van der Waals surface area contributed by atoms with E-state index in [4.69, 9.17) is 0 Å². The molecule has 0 spiro atoms. The van der Waals surface area contributed by atoms with Crippen LogP contribution in [0.3, 0.4) is 0 Å². The number of nitrogens with zero attached hydrogens (tertiary/aromatic N) is 2. The molecule has 33 heavy (non-hydrogen) atoms. The highest BCUT2D eigenvalue weighted by Crippen LogP contribution is 2.38. The first-order valence-electron chi connectivity index (χ1n) is 12.1. The molecule has 1 aromatic heterocycles. The minimum Gasteiger partial charge on any atom is -0.356 e. The summed E-state index contributed by atoms with van der Waals surface area (Å²) in [5, 5.41) is 6.85. The first-order valence-corrected chi connectivity index (χ1v) is 13.0. The van der Waals surface area contributed by atoms with Crippen molar-refractivity contribution in [2.45, 2.75) is 51.1 Å². The molecule has 2 aromatic rings. The lowest BCUT2D eigenvalue weighted by atomic mass is 9.97. The van der Waals surface area contributed by atoms with Gasteiger partial charge in [-0.25, -0.2) is 0 Å². The maximum Gasteiger partial charge on any atom is 0.254 e. The Labute approximate surface area is 199 Å². The highest BCUT2D eigenvalue weighted by Gasteiger charge is 2.46. The number of carbonyl (C=O) groups excluding carboxylic acids is 3. The van der Waals surface area contributed by atoms with Gasteiger partial charge in [-0.15, -0.1) is 0 Å². The molecule has 3 atom stereocenters. The minimum atomic E-state index is -0.336. The van der Waals surface area contributed by atoms with Gasteiger partial charge in [-0.1, -0.05) is 24.3 Å². The minimum absolute atomic E-state index is 0.00990. The highest BCUT2D eigenvalue weighted by atomic mass is 32.1. The van der Waals surface area contributed by atoms with Crippen molar-refractivity contribution in [1.82, 2.24) is 15.1 Å². The molecule has 5 rings (SSSR count). The maximum atomic E-state index is 13.6. The second-order valence-electron chi connectivity index (χ2n) is 9.48. The Morgan fingerprint density at radius 1 is 1.00 bits per heavy atom. The largest absolute Gasteiger partial charge is 0.356 e. The highest BCUT2D eigenvalue weighted by molar-refractivity contribution is 7.08. The van der Waals surface area contributed by atoms with Crippen molar-refractivity contribution in [2.24, 2.45) is 11.8 Å². The molecule has 0 radical (unpaired) electrons. The van der Waals surface area contributed by atoms with Crippen molar-refractivity contribution in [1.29, 1.82) is 0 Å². The molecular formula is C26H31N3O3S. The Morgan fingerprint density at radius 2 is 1.85 bits per heavy atom. The lowest BCUT2D eigenvalue weighted by molar-refractivity contribution is -0.136. The molecule has 1 N–H and O–H groups in total. The van der Waals surface area contributed by atoms with Gasteiger partial charge < -0.3 is 15.1 Å². The van der Waals surface area contributed by atoms with Crippen LogP contribution in [0.1, 0.15) is 53.6 Å². The van der Waals surface area contributed by atoms with Gasteiger partial charge in [-0.05, 0) is 61.1 Å². The van der Waals surface area contributed by atoms with Crippen molar-refractivity contribution in [2.75, 3.05) is 19.6 Å². The Bertz CT molecular complexity index is 1020. The van der Waals surface area contributed by atoms with Crippen molar-refractivity contribution in [3.05, 3.63) is 57.8 Å². The molecule has 3 amide bonds. The number of rotatable bonds is 2. The average molecular weight is 466 g/mol. The van der Waals surface area contributed by atoms with Crippen molar-refractivity contribution in [3.8, 4) is 0 Å². The number of amides is 3. The molecule has 0 bridgehead atoms. The summed E-state index contributed by atoms with van der Waals surface area (Å²) < 4.78 is 0. The van der Waals surface area contributed by atoms with Crippen LogP contribution in [0.4, 0.5) is 0 Å². The van der Waals surface area contributed by atoms with Crippen LogP contribution in [0.25, 0.3) is 0 Å². The molecule has 2 aliphatic heterocycles. The monoisotopic (exact) mass is 465 g/mol. The summed E-state index contributed by atoms with van der Waals surface area (Å²) >= 11 is 1.51. The van der Waals surface area contributed by atoms with Crippen molar-refractivity contribution < 1.29 is 14.4 Å². The van der Waals surface area contributed by atoms with E-state index in [9.17, 15) is 14.4 Å². The van der Waals surface area contributed by atoms with Crippen molar-refractivity contribution >= 4 is 29.1 Å². The van der Waals surface area contributed by atoms with Crippen LogP contribution in [0, 0.1) is 11.8 Å². The van der Waals surface area contributed by atoms with E-state index in [1.165, 1.54) is 22.5 Å². The topological polar surface area (TPSA) is 69.7 Å². The lowest BCUT2D eigenvalue weighted by Gasteiger charge is -2.34. The molecule has 3 aliphatic rings. The second-order valence-corrected chi connectivity index (χ2v) is 10.3. The number of hydrogen-bond acceptors (Lipinski definition) is 4. The zero-order valence-electron chi connectivity index (χ0n) is 18.9. The van der Waals surface area contributed by atoms with Gasteiger partial charge in [0, 0.05) is 43.5 Å². The van der Waals surface area contributed by atoms with Crippen LogP contribution in [-0.2, 0) is 22.6 Å². The van der Waals surface area contributed by atoms with Crippen LogP contribution in [0.15, 0.2) is 41.1 Å². The molecular weight excluding hydrogens is 434 g/mol. The number of carbonyl (C=O) groups is 3. The standard InChI is InChI=1S/C26H31N3O3S/c30-24-22-14-21(25(31)28-12-8-18-6-2-3-7-19(18)16-28)15-23(22)29(11-5-1-4-10-27-24)26(32)20-9-13-33-17-20/h2-3,6-7,9,13,17,21-23H,1,4-5,8,10-12,14-16H2,(H,27,30)/t21-,22-,23+/m0/s1. The normalized spacial score (nSPS) is 25.7. The van der Waals surface area contributed by atoms with Gasteiger partial charge in [0.1, 0.15) is 0 Å². The van der Waals surface area contributed by atoms with Crippen LogP contribution in [0.5, 0.6) is 0 Å². The molecule has 3 heterocycles. The van der Waals surface area contributed by atoms with E-state index in [0.29, 0.717) is 44.6 Å². The van der Waals surface area contributed by atoms with E-state index in [1.807, 2.05) is 38.8 Å². The van der Waals surface area contributed by atoms with E-state index in [2.05, 4.69) is 17.4 Å². The zero-order chi connectivity index (χ0) is 22.8. The Hall–Kier alpha value is -2.67. The number of hydrogen-bond donors (Lipinski definition) is 1. The molecule has 1 aliphatic carbocycles. The molecule has 0 unspecified atom stereocenters. The summed E-state index contributed by atoms with van der Waals surface area (Å²) in [7, 11) is 0. The summed E-state index contributed by atoms with van der Waals surface area (Å²) in [6, 6.07) is 9.92. The summed E-state index contributed by atoms with van der Waals surface area (Å²) in [5.41, 5.74) is 3.20. The van der Waals surface area contributed by atoms with Gasteiger partial charge in [-0.2, -0.15) is 11.3 Å². The van der Waals surface area contributed by atoms with Gasteiger partial charge >= 0.3 is 0 Å². The fraction of sp³-hybridized carbons (Fsp3) is 0.500. The molecule has 2 fully saturated rings. The number of fused-ring (bicyclic) bond motifs is 2. The van der Waals surface area contributed by atoms with Gasteiger partial charge in [0.15, 0.2) is 0 Å². The van der Waals surface area contributed by atoms with E-state index < -0.39 is 0 Å². The maximum absolute atomic E-state index is 13.6. The fourth-order valence-corrected chi connectivity index (χ4v) is 6.31. The third-order valence-corrected chi connectivity index (χ3v) is 8.14. The third-order valence-electron chi connectivity index (χ3n) is 7.46. The smallest absolute Gasteiger partial charge is 0.254 e. The van der Waals surface area contributed by atoms with Crippen LogP contribution in [0.2, 0.25) is 0 Å². The first kappa shape index (κ1) is 22.1. The predicted molar refractivity (Wildman–Crippen MR) is 128 cm³/mol. The van der Waals surface area contributed by atoms with Gasteiger partial charge in [0.2, 0.25) is 11.8 Å². The van der Waals surface area contributed by atoms with Gasteiger partial charge in [-0.3, -0.25) is 14.4 Å². The Morgan fingerprint density at radius 3 is 2.67 bits per heavy atom. The molecule has 1 saturated carbocycles. The number of thiophene rings is 1. The lowest BCUT2D eigenvalue weighted by Crippen LogP contribution is -2.48. The third kappa shape index (κ3) is 4.56. The van der Waals surface area contributed by atoms with E-state index in [1.54, 1.807) is 0 Å². The second kappa shape index (κ2) is 9.67. The molecule has 1 saturated heterocycles. The molecule has 6 nitrogen and oxygen atoms in total. The Kier molecular flexibility index (Phi) is 6.49. The summed E-state index contributed by atoms with van der Waals surface area (Å²) in [6.07, 6.45) is 4.74. The predicted octanol–water partition coefficient (Wildman–Crippen LogP) is 3.47. The van der Waals surface area contributed by atoms with Crippen LogP contribution >= 0.6 is 11.3 Å². The number of benzene rings is 1. The quantitative estimate of drug-likeness (QED) is 0.738. The fourth-order valence-electron chi connectivity index (χ4n) is 5.68. The zero-order valence-corrected chi connectivity index (χ0v) is 19.7. The molecule has 7 heteroatoms. The van der Waals surface area contributed by atoms with E-state index in [0.717, 1.165) is 25.7 Å². The molecule has 174 valence electrons. The summed E-state index contributed by atoms with van der Waals surface area (Å²) in [6.45, 7) is 2.65. The Balaban J connectivity index is 1.37. The molecule has 1 aromatic carbocycles. The van der Waals surface area contributed by atoms with E-state index in [-0.39, 0.29) is 35.6 Å². The number of nitrogens with one attached hydrogen (secondary N) is 1. The van der Waals surface area contributed by atoms with Crippen LogP contribution in [-0.4, -0.2) is 53.2 Å². The average Bonchev–Trinajstić information content (AvgIpc) is 3.53. The van der Waals surface area contributed by atoms with Gasteiger partial charge in [0.05, 0.1) is 11.5 Å². The SMILES string of the molecule is O=C1NCCCCCN(C(=O)c2ccsc2)[C@@H]2C[C@@H](C(=O)N3CCc4ccccc4C3)C[C@H]12. The summed E-state index contributed by atoms with van der Waals surface area (Å²) in [5.74, 6) is -0.460. The van der Waals surface area contributed by atoms with Crippen LogP contribution < -0.4 is 5.32 Å². The van der Waals surface area contributed by atoms with E-state index >= 15 is 0 Å².